The smallest absolute Gasteiger partial charge is 0.241 e. The lowest BCUT2D eigenvalue weighted by atomic mass is 10.4. The van der Waals surface area contributed by atoms with Crippen LogP contribution in [0.3, 0.4) is 0 Å². The fourth-order valence-corrected chi connectivity index (χ4v) is 5.03. The molecule has 4 nitrogen and oxygen atoms in total. The predicted octanol–water partition coefficient (Wildman–Crippen LogP) is 2.32. The third kappa shape index (κ3) is 3.64. The van der Waals surface area contributed by atoms with Crippen LogP contribution in [0.4, 0.5) is 0 Å². The van der Waals surface area contributed by atoms with Crippen molar-refractivity contribution in [3.8, 4) is 0 Å². The quantitative estimate of drug-likeness (QED) is 0.860. The Bertz CT molecular complexity index is 630. The van der Waals surface area contributed by atoms with E-state index in [2.05, 4.69) is 10.0 Å². The molecule has 2 heterocycles. The summed E-state index contributed by atoms with van der Waals surface area (Å²) in [5.41, 5.74) is 0.983. The van der Waals surface area contributed by atoms with E-state index in [1.54, 1.807) is 17.4 Å². The van der Waals surface area contributed by atoms with Crippen LogP contribution < -0.4 is 10.0 Å². The largest absolute Gasteiger partial charge is 0.315 e. The van der Waals surface area contributed by atoms with Crippen molar-refractivity contribution >= 4 is 32.7 Å². The number of rotatable bonds is 6. The standard InChI is InChI=1S/C12H16N2O2S3/c1-9-12(5-11(18-9)7-13-2)19(15,16)14-6-10-3-4-17-8-10/h3-5,8,13-14H,6-7H2,1-2H3. The predicted molar refractivity (Wildman–Crippen MR) is 80.2 cm³/mol. The van der Waals surface area contributed by atoms with E-state index in [9.17, 15) is 8.42 Å². The molecule has 0 bridgehead atoms. The first kappa shape index (κ1) is 14.7. The van der Waals surface area contributed by atoms with E-state index >= 15 is 0 Å². The van der Waals surface area contributed by atoms with Gasteiger partial charge in [-0.25, -0.2) is 13.1 Å². The van der Waals surface area contributed by atoms with Crippen molar-refractivity contribution in [1.29, 1.82) is 0 Å². The molecule has 2 aromatic rings. The maximum atomic E-state index is 12.2. The van der Waals surface area contributed by atoms with Crippen molar-refractivity contribution in [2.45, 2.75) is 24.9 Å². The number of nitrogens with one attached hydrogen (secondary N) is 2. The first-order chi connectivity index (χ1) is 9.03. The molecular weight excluding hydrogens is 300 g/mol. The molecule has 0 aromatic carbocycles. The fourth-order valence-electron chi connectivity index (χ4n) is 1.70. The molecule has 0 radical (unpaired) electrons. The van der Waals surface area contributed by atoms with Crippen molar-refractivity contribution in [2.24, 2.45) is 0 Å². The minimum Gasteiger partial charge on any atom is -0.315 e. The van der Waals surface area contributed by atoms with Gasteiger partial charge in [-0.3, -0.25) is 0 Å². The molecule has 0 aliphatic rings. The summed E-state index contributed by atoms with van der Waals surface area (Å²) in [6.07, 6.45) is 0. The van der Waals surface area contributed by atoms with Crippen LogP contribution in [0.15, 0.2) is 27.8 Å². The number of aryl methyl sites for hydroxylation is 1. The van der Waals surface area contributed by atoms with Gasteiger partial charge in [0, 0.05) is 22.8 Å². The highest BCUT2D eigenvalue weighted by molar-refractivity contribution is 7.89. The lowest BCUT2D eigenvalue weighted by Gasteiger charge is -2.04. The molecule has 0 saturated carbocycles. The van der Waals surface area contributed by atoms with Crippen LogP contribution >= 0.6 is 22.7 Å². The molecule has 0 aliphatic carbocycles. The van der Waals surface area contributed by atoms with Crippen LogP contribution in [0.25, 0.3) is 0 Å². The van der Waals surface area contributed by atoms with Gasteiger partial charge in [0.1, 0.15) is 0 Å². The number of thiophene rings is 2. The van der Waals surface area contributed by atoms with Gasteiger partial charge in [-0.05, 0) is 42.4 Å². The summed E-state index contributed by atoms with van der Waals surface area (Å²) in [5.74, 6) is 0. The zero-order valence-electron chi connectivity index (χ0n) is 10.8. The van der Waals surface area contributed by atoms with Gasteiger partial charge in [-0.1, -0.05) is 0 Å². The first-order valence-electron chi connectivity index (χ1n) is 5.77. The molecule has 0 fully saturated rings. The van der Waals surface area contributed by atoms with Gasteiger partial charge in [-0.15, -0.1) is 11.3 Å². The third-order valence-corrected chi connectivity index (χ3v) is 6.05. The Morgan fingerprint density at radius 3 is 2.74 bits per heavy atom. The third-order valence-electron chi connectivity index (χ3n) is 2.61. The molecule has 2 aromatic heterocycles. The maximum Gasteiger partial charge on any atom is 0.241 e. The van der Waals surface area contributed by atoms with E-state index in [1.165, 1.54) is 11.3 Å². The molecule has 2 rings (SSSR count). The van der Waals surface area contributed by atoms with Crippen molar-refractivity contribution in [3.05, 3.63) is 38.2 Å². The summed E-state index contributed by atoms with van der Waals surface area (Å²) in [7, 11) is -1.58. The van der Waals surface area contributed by atoms with Crippen LogP contribution in [-0.4, -0.2) is 15.5 Å². The van der Waals surface area contributed by atoms with E-state index in [0.29, 0.717) is 18.0 Å². The van der Waals surface area contributed by atoms with E-state index in [-0.39, 0.29) is 0 Å². The van der Waals surface area contributed by atoms with Crippen LogP contribution in [0, 0.1) is 6.92 Å². The summed E-state index contributed by atoms with van der Waals surface area (Å²) >= 11 is 3.07. The molecule has 104 valence electrons. The topological polar surface area (TPSA) is 58.2 Å². The van der Waals surface area contributed by atoms with Crippen molar-refractivity contribution in [1.82, 2.24) is 10.0 Å². The molecule has 2 N–H and O–H groups in total. The van der Waals surface area contributed by atoms with E-state index in [1.807, 2.05) is 30.8 Å². The number of hydrogen-bond donors (Lipinski definition) is 2. The van der Waals surface area contributed by atoms with Gasteiger partial charge in [0.05, 0.1) is 4.90 Å². The molecular formula is C12H16N2O2S3. The van der Waals surface area contributed by atoms with E-state index in [0.717, 1.165) is 15.3 Å². The SMILES string of the molecule is CNCc1cc(S(=O)(=O)NCc2ccsc2)c(C)s1. The van der Waals surface area contributed by atoms with Crippen molar-refractivity contribution < 1.29 is 8.42 Å². The van der Waals surface area contributed by atoms with Crippen molar-refractivity contribution in [3.63, 3.8) is 0 Å². The Hall–Kier alpha value is -0.730. The normalized spacial score (nSPS) is 11.9. The second-order valence-corrected chi connectivity index (χ2v) is 7.98. The van der Waals surface area contributed by atoms with Crippen molar-refractivity contribution in [2.75, 3.05) is 7.05 Å². The summed E-state index contributed by atoms with van der Waals surface area (Å²) in [5, 5.41) is 6.90. The maximum absolute atomic E-state index is 12.2. The molecule has 0 unspecified atom stereocenters. The van der Waals surface area contributed by atoms with Gasteiger partial charge < -0.3 is 5.32 Å². The van der Waals surface area contributed by atoms with Gasteiger partial charge >= 0.3 is 0 Å². The fraction of sp³-hybridized carbons (Fsp3) is 0.333. The molecule has 0 atom stereocenters. The summed E-state index contributed by atoms with van der Waals surface area (Å²) in [6.45, 7) is 2.86. The minimum atomic E-state index is -3.43. The monoisotopic (exact) mass is 316 g/mol. The average Bonchev–Trinajstić information content (AvgIpc) is 2.97. The minimum absolute atomic E-state index is 0.336. The lowest BCUT2D eigenvalue weighted by Crippen LogP contribution is -2.23. The molecule has 0 spiro atoms. The van der Waals surface area contributed by atoms with Gasteiger partial charge in [0.25, 0.3) is 0 Å². The van der Waals surface area contributed by atoms with Gasteiger partial charge in [0.15, 0.2) is 0 Å². The molecule has 7 heteroatoms. The van der Waals surface area contributed by atoms with Crippen LogP contribution in [0.5, 0.6) is 0 Å². The summed E-state index contributed by atoms with van der Waals surface area (Å²) < 4.78 is 27.1. The van der Waals surface area contributed by atoms with Gasteiger partial charge in [0.2, 0.25) is 10.0 Å². The average molecular weight is 316 g/mol. The number of hydrogen-bond acceptors (Lipinski definition) is 5. The zero-order valence-corrected chi connectivity index (χ0v) is 13.2. The first-order valence-corrected chi connectivity index (χ1v) is 9.02. The van der Waals surface area contributed by atoms with E-state index < -0.39 is 10.0 Å². The van der Waals surface area contributed by atoms with Crippen LogP contribution in [0.2, 0.25) is 0 Å². The molecule has 19 heavy (non-hydrogen) atoms. The van der Waals surface area contributed by atoms with Crippen LogP contribution in [0.1, 0.15) is 15.3 Å². The Balaban J connectivity index is 2.14. The highest BCUT2D eigenvalue weighted by Crippen LogP contribution is 2.25. The highest BCUT2D eigenvalue weighted by Gasteiger charge is 2.19. The Kier molecular flexibility index (Phi) is 4.75. The van der Waals surface area contributed by atoms with Crippen LogP contribution in [-0.2, 0) is 23.1 Å². The Labute approximate surface area is 121 Å². The number of sulfonamides is 1. The second kappa shape index (κ2) is 6.15. The lowest BCUT2D eigenvalue weighted by molar-refractivity contribution is 0.581. The van der Waals surface area contributed by atoms with E-state index in [4.69, 9.17) is 0 Å². The summed E-state index contributed by atoms with van der Waals surface area (Å²) in [6, 6.07) is 3.66. The Morgan fingerprint density at radius 2 is 2.11 bits per heavy atom. The summed E-state index contributed by atoms with van der Waals surface area (Å²) in [4.78, 5) is 2.23. The molecule has 0 saturated heterocycles. The Morgan fingerprint density at radius 1 is 1.32 bits per heavy atom. The molecule has 0 amide bonds. The second-order valence-electron chi connectivity index (χ2n) is 4.12. The zero-order chi connectivity index (χ0) is 13.9. The highest BCUT2D eigenvalue weighted by atomic mass is 32.2. The van der Waals surface area contributed by atoms with Gasteiger partial charge in [-0.2, -0.15) is 11.3 Å². The molecule has 0 aliphatic heterocycles.